The molecule has 4 nitrogen and oxygen atoms in total. The molecular formula is C33H35ClF3NO3. The van der Waals surface area contributed by atoms with Crippen molar-refractivity contribution in [1.82, 2.24) is 4.90 Å². The van der Waals surface area contributed by atoms with Gasteiger partial charge in [-0.1, -0.05) is 30.3 Å². The van der Waals surface area contributed by atoms with Gasteiger partial charge in [-0.25, -0.2) is 13.6 Å². The molecule has 218 valence electrons. The van der Waals surface area contributed by atoms with Gasteiger partial charge in [0.15, 0.2) is 0 Å². The molecule has 1 N–H and O–H groups in total. The molecule has 0 amide bonds. The predicted octanol–water partition coefficient (Wildman–Crippen LogP) is 7.88. The Bertz CT molecular complexity index is 1400. The Morgan fingerprint density at radius 1 is 1.02 bits per heavy atom. The Hall–Kier alpha value is -3.29. The van der Waals surface area contributed by atoms with Gasteiger partial charge in [0.2, 0.25) is 0 Å². The van der Waals surface area contributed by atoms with E-state index in [-0.39, 0.29) is 30.2 Å². The van der Waals surface area contributed by atoms with Crippen molar-refractivity contribution < 1.29 is 27.8 Å². The monoisotopic (exact) mass is 585 g/mol. The van der Waals surface area contributed by atoms with Crippen LogP contribution in [0.1, 0.15) is 69.4 Å². The molecule has 0 aromatic heterocycles. The van der Waals surface area contributed by atoms with Gasteiger partial charge in [-0.3, -0.25) is 4.39 Å². The topological polar surface area (TPSA) is 49.8 Å². The molecule has 41 heavy (non-hydrogen) atoms. The number of fused-ring (bicyclic) bond motifs is 1. The molecular weight excluding hydrogens is 551 g/mol. The third-order valence-corrected chi connectivity index (χ3v) is 8.02. The van der Waals surface area contributed by atoms with Gasteiger partial charge < -0.3 is 14.7 Å². The number of aromatic carboxylic acids is 1. The summed E-state index contributed by atoms with van der Waals surface area (Å²) in [7, 11) is 1.52. The average molecular weight is 586 g/mol. The molecule has 2 aliphatic rings. The number of alkyl halides is 3. The summed E-state index contributed by atoms with van der Waals surface area (Å²) in [6.07, 6.45) is 0.777. The van der Waals surface area contributed by atoms with Crippen molar-refractivity contribution in [2.75, 3.05) is 33.4 Å². The molecule has 1 aliphatic carbocycles. The van der Waals surface area contributed by atoms with E-state index in [9.17, 15) is 23.1 Å². The fourth-order valence-electron chi connectivity index (χ4n) is 6.05. The Balaban J connectivity index is 0.00000387. The van der Waals surface area contributed by atoms with Crippen molar-refractivity contribution in [3.8, 4) is 5.75 Å². The summed E-state index contributed by atoms with van der Waals surface area (Å²) in [5, 5.41) is 9.58. The van der Waals surface area contributed by atoms with Crippen molar-refractivity contribution in [3.05, 3.63) is 99.6 Å². The van der Waals surface area contributed by atoms with Crippen molar-refractivity contribution in [1.29, 1.82) is 0 Å². The Labute approximate surface area is 245 Å². The lowest BCUT2D eigenvalue weighted by atomic mass is 9.85. The molecule has 1 aliphatic heterocycles. The van der Waals surface area contributed by atoms with Crippen molar-refractivity contribution in [2.45, 2.75) is 38.5 Å². The molecule has 0 saturated carbocycles. The molecule has 3 aromatic carbocycles. The number of halogens is 4. The number of rotatable bonds is 10. The predicted molar refractivity (Wildman–Crippen MR) is 158 cm³/mol. The standard InChI is InChI=1S/C33H34F3NO3.ClH/c1-40-26-11-13-29(32(35)36)30(18-26)28-5-2-4-24-17-25(33(38)39)10-12-27(24)31(28)23-8-6-21(7-9-23)16-22-19-37(20-22)15-3-14-34;/h6-13,17-18,22,32H,2-5,14-16,19-20H2,1H3,(H,38,39);1H. The summed E-state index contributed by atoms with van der Waals surface area (Å²) >= 11 is 0. The van der Waals surface area contributed by atoms with Gasteiger partial charge in [0, 0.05) is 25.2 Å². The number of methoxy groups -OCH3 is 1. The van der Waals surface area contributed by atoms with E-state index in [0.29, 0.717) is 42.9 Å². The number of hydrogen-bond donors (Lipinski definition) is 1. The van der Waals surface area contributed by atoms with Crippen LogP contribution in [0.2, 0.25) is 0 Å². The van der Waals surface area contributed by atoms with E-state index in [2.05, 4.69) is 17.0 Å². The quantitative estimate of drug-likeness (QED) is 0.263. The molecule has 0 bridgehead atoms. The molecule has 0 radical (unpaired) electrons. The number of likely N-dealkylation sites (tertiary alicyclic amines) is 1. The SMILES string of the molecule is COc1ccc(C(F)F)c(C2=C(c3ccc(CC4CN(CCCF)C4)cc3)c3ccc(C(=O)O)cc3CCC2)c1.Cl. The zero-order chi connectivity index (χ0) is 28.2. The minimum absolute atomic E-state index is 0. The molecule has 0 unspecified atom stereocenters. The van der Waals surface area contributed by atoms with Gasteiger partial charge in [0.1, 0.15) is 5.75 Å². The van der Waals surface area contributed by atoms with Gasteiger partial charge in [0.05, 0.1) is 19.3 Å². The zero-order valence-corrected chi connectivity index (χ0v) is 23.9. The van der Waals surface area contributed by atoms with Gasteiger partial charge in [0.25, 0.3) is 6.43 Å². The summed E-state index contributed by atoms with van der Waals surface area (Å²) in [4.78, 5) is 14.0. The molecule has 8 heteroatoms. The highest BCUT2D eigenvalue weighted by atomic mass is 35.5. The van der Waals surface area contributed by atoms with E-state index in [0.717, 1.165) is 53.9 Å². The molecule has 0 spiro atoms. The number of allylic oxidation sites excluding steroid dienone is 1. The fourth-order valence-corrected chi connectivity index (χ4v) is 6.05. The Kier molecular flexibility index (Phi) is 10.2. The maximum Gasteiger partial charge on any atom is 0.335 e. The number of carbonyl (C=O) groups is 1. The van der Waals surface area contributed by atoms with E-state index in [1.165, 1.54) is 18.7 Å². The lowest BCUT2D eigenvalue weighted by Crippen LogP contribution is -2.47. The van der Waals surface area contributed by atoms with Crippen LogP contribution in [0.15, 0.2) is 60.7 Å². The van der Waals surface area contributed by atoms with Crippen LogP contribution in [0, 0.1) is 5.92 Å². The van der Waals surface area contributed by atoms with E-state index in [4.69, 9.17) is 4.74 Å². The molecule has 1 heterocycles. The summed E-state index contributed by atoms with van der Waals surface area (Å²) in [6, 6.07) is 18.1. The minimum atomic E-state index is -2.65. The lowest BCUT2D eigenvalue weighted by Gasteiger charge is -2.39. The van der Waals surface area contributed by atoms with Crippen molar-refractivity contribution in [3.63, 3.8) is 0 Å². The first-order valence-corrected chi connectivity index (χ1v) is 13.8. The van der Waals surface area contributed by atoms with Crippen LogP contribution in [0.5, 0.6) is 5.75 Å². The molecule has 3 aromatic rings. The zero-order valence-electron chi connectivity index (χ0n) is 23.0. The van der Waals surface area contributed by atoms with Crippen LogP contribution in [-0.2, 0) is 12.8 Å². The number of carboxylic acid groups (broad SMARTS) is 1. The highest BCUT2D eigenvalue weighted by molar-refractivity contribution is 6.01. The highest BCUT2D eigenvalue weighted by Crippen LogP contribution is 2.43. The number of aryl methyl sites for hydroxylation is 1. The van der Waals surface area contributed by atoms with Gasteiger partial charge in [-0.15, -0.1) is 12.4 Å². The molecule has 1 saturated heterocycles. The number of ether oxygens (including phenoxy) is 1. The van der Waals surface area contributed by atoms with Crippen LogP contribution in [0.25, 0.3) is 11.1 Å². The second kappa shape index (κ2) is 13.6. The van der Waals surface area contributed by atoms with E-state index >= 15 is 0 Å². The highest BCUT2D eigenvalue weighted by Gasteiger charge is 2.27. The van der Waals surface area contributed by atoms with Gasteiger partial charge >= 0.3 is 5.97 Å². The lowest BCUT2D eigenvalue weighted by molar-refractivity contribution is 0.0696. The first-order valence-electron chi connectivity index (χ1n) is 13.8. The molecule has 5 rings (SSSR count). The van der Waals surface area contributed by atoms with Crippen LogP contribution >= 0.6 is 12.4 Å². The Morgan fingerprint density at radius 3 is 2.44 bits per heavy atom. The van der Waals surface area contributed by atoms with E-state index in [1.807, 2.05) is 18.2 Å². The summed E-state index contributed by atoms with van der Waals surface area (Å²) < 4.78 is 46.4. The number of hydrogen-bond acceptors (Lipinski definition) is 3. The van der Waals surface area contributed by atoms with Crippen molar-refractivity contribution >= 4 is 29.5 Å². The van der Waals surface area contributed by atoms with Crippen LogP contribution in [-0.4, -0.2) is 49.4 Å². The van der Waals surface area contributed by atoms with E-state index < -0.39 is 12.4 Å². The number of nitrogens with zero attached hydrogens (tertiary/aromatic N) is 1. The van der Waals surface area contributed by atoms with Gasteiger partial charge in [-0.2, -0.15) is 0 Å². The second-order valence-corrected chi connectivity index (χ2v) is 10.7. The maximum atomic E-state index is 14.2. The average Bonchev–Trinajstić information content (AvgIpc) is 3.13. The summed E-state index contributed by atoms with van der Waals surface area (Å²) in [5.74, 6) is 0.0567. The molecule has 1 fully saturated rings. The smallest absolute Gasteiger partial charge is 0.335 e. The first-order chi connectivity index (χ1) is 19.4. The minimum Gasteiger partial charge on any atom is -0.497 e. The third kappa shape index (κ3) is 6.79. The largest absolute Gasteiger partial charge is 0.497 e. The van der Waals surface area contributed by atoms with Crippen molar-refractivity contribution in [2.24, 2.45) is 5.92 Å². The normalized spacial score (nSPS) is 15.6. The summed E-state index contributed by atoms with van der Waals surface area (Å²) in [5.41, 5.74) is 6.18. The number of benzene rings is 3. The van der Waals surface area contributed by atoms with Crippen LogP contribution in [0.4, 0.5) is 13.2 Å². The maximum absolute atomic E-state index is 14.2. The third-order valence-electron chi connectivity index (χ3n) is 8.02. The van der Waals surface area contributed by atoms with Crippen LogP contribution in [0.3, 0.4) is 0 Å². The van der Waals surface area contributed by atoms with Crippen LogP contribution < -0.4 is 4.74 Å². The van der Waals surface area contributed by atoms with E-state index in [1.54, 1.807) is 24.3 Å². The molecule has 0 atom stereocenters. The fraction of sp³-hybridized carbons (Fsp3) is 0.364. The summed E-state index contributed by atoms with van der Waals surface area (Å²) in [6.45, 7) is 2.47. The first kappa shape index (κ1) is 30.7. The van der Waals surface area contributed by atoms with Gasteiger partial charge in [-0.05, 0) is 107 Å². The number of carboxylic acids is 1. The second-order valence-electron chi connectivity index (χ2n) is 10.7. The Morgan fingerprint density at radius 2 is 1.78 bits per heavy atom.